The van der Waals surface area contributed by atoms with Crippen molar-refractivity contribution in [1.82, 2.24) is 0 Å². The summed E-state index contributed by atoms with van der Waals surface area (Å²) >= 11 is 2.12. The van der Waals surface area contributed by atoms with Crippen molar-refractivity contribution in [2.75, 3.05) is 24.7 Å². The van der Waals surface area contributed by atoms with Crippen molar-refractivity contribution in [3.05, 3.63) is 0 Å². The highest BCUT2D eigenvalue weighted by atomic mass is 32.2. The summed E-state index contributed by atoms with van der Waals surface area (Å²) in [5.74, 6) is 0.902. The normalized spacial score (nSPS) is 11.7. The lowest BCUT2D eigenvalue weighted by molar-refractivity contribution is 0.217. The predicted molar refractivity (Wildman–Crippen MR) is 73.1 cm³/mol. The van der Waals surface area contributed by atoms with Gasteiger partial charge in [0.15, 0.2) is 11.2 Å². The van der Waals surface area contributed by atoms with E-state index in [1.807, 2.05) is 0 Å². The van der Waals surface area contributed by atoms with Gasteiger partial charge in [-0.25, -0.2) is 0 Å². The zero-order valence-corrected chi connectivity index (χ0v) is 12.4. The van der Waals surface area contributed by atoms with Crippen molar-refractivity contribution in [2.45, 2.75) is 19.5 Å². The minimum atomic E-state index is -3.13. The highest BCUT2D eigenvalue weighted by molar-refractivity contribution is 8.12. The van der Waals surface area contributed by atoms with Crippen molar-refractivity contribution in [3.63, 3.8) is 0 Å². The van der Waals surface area contributed by atoms with E-state index in [9.17, 15) is 14.2 Å². The fraction of sp³-hybridized carbons (Fsp3) is 0.778. The van der Waals surface area contributed by atoms with Crippen LogP contribution < -0.4 is 0 Å². The molecule has 0 unspecified atom stereocenters. The Morgan fingerprint density at radius 3 is 1.76 bits per heavy atom. The molecule has 0 saturated heterocycles. The van der Waals surface area contributed by atoms with E-state index in [2.05, 4.69) is 0 Å². The van der Waals surface area contributed by atoms with Gasteiger partial charge in [0.1, 0.15) is 0 Å². The van der Waals surface area contributed by atoms with E-state index in [0.717, 1.165) is 23.5 Å². The Morgan fingerprint density at radius 1 is 1.06 bits per heavy atom. The predicted octanol–water partition coefficient (Wildman–Crippen LogP) is 2.47. The third kappa shape index (κ3) is 8.00. The zero-order valence-electron chi connectivity index (χ0n) is 9.87. The first-order valence-electron chi connectivity index (χ1n) is 5.06. The van der Waals surface area contributed by atoms with Gasteiger partial charge in [0.25, 0.3) is 0 Å². The molecule has 0 aliphatic carbocycles. The van der Waals surface area contributed by atoms with Crippen LogP contribution in [0, 0.1) is 0 Å². The first-order chi connectivity index (χ1) is 8.06. The molecule has 0 fully saturated rings. The van der Waals surface area contributed by atoms with Crippen LogP contribution in [0.1, 0.15) is 13.8 Å². The molecule has 100 valence electrons. The summed E-state index contributed by atoms with van der Waals surface area (Å²) in [5, 5.41) is 0. The summed E-state index contributed by atoms with van der Waals surface area (Å²) in [5.41, 5.74) is 1.18. The molecule has 0 amide bonds. The van der Waals surface area contributed by atoms with Gasteiger partial charge in [-0.3, -0.25) is 14.2 Å². The average Bonchev–Trinajstić information content (AvgIpc) is 2.30. The lowest BCUT2D eigenvalue weighted by Crippen LogP contribution is -2.09. The second-order valence-corrected chi connectivity index (χ2v) is 7.73. The van der Waals surface area contributed by atoms with Crippen molar-refractivity contribution >= 4 is 42.4 Å². The van der Waals surface area contributed by atoms with Gasteiger partial charge in [-0.15, -0.1) is 0 Å². The lowest BCUT2D eigenvalue weighted by atomic mass is 10.6. The number of thioether (sulfide) groups is 2. The van der Waals surface area contributed by atoms with Crippen LogP contribution in [0.15, 0.2) is 0 Å². The fourth-order valence-corrected chi connectivity index (χ4v) is 3.02. The first kappa shape index (κ1) is 17.2. The quantitative estimate of drug-likeness (QED) is 0.330. The molecule has 17 heavy (non-hydrogen) atoms. The van der Waals surface area contributed by atoms with Gasteiger partial charge in [0.2, 0.25) is 0 Å². The largest absolute Gasteiger partial charge is 0.333 e. The highest BCUT2D eigenvalue weighted by Gasteiger charge is 2.28. The first-order valence-corrected chi connectivity index (χ1v) is 8.77. The van der Waals surface area contributed by atoms with E-state index >= 15 is 0 Å². The van der Waals surface area contributed by atoms with Gasteiger partial charge in [0, 0.05) is 11.5 Å². The molecular weight excluding hydrogens is 283 g/mol. The van der Waals surface area contributed by atoms with Crippen LogP contribution in [0.4, 0.5) is 0 Å². The second kappa shape index (κ2) is 10.1. The summed E-state index contributed by atoms with van der Waals surface area (Å²) in [6.45, 7) is 3.92. The molecule has 0 heterocycles. The maximum absolute atomic E-state index is 12.2. The minimum Gasteiger partial charge on any atom is -0.308 e. The Labute approximate surface area is 110 Å². The molecule has 0 N–H and O–H groups in total. The van der Waals surface area contributed by atoms with Gasteiger partial charge >= 0.3 is 7.60 Å². The van der Waals surface area contributed by atoms with Gasteiger partial charge in [-0.05, 0) is 0 Å². The summed E-state index contributed by atoms with van der Waals surface area (Å²) in [4.78, 5) is 20.2. The van der Waals surface area contributed by atoms with Crippen LogP contribution in [-0.2, 0) is 23.2 Å². The van der Waals surface area contributed by atoms with Gasteiger partial charge in [-0.1, -0.05) is 37.4 Å². The highest BCUT2D eigenvalue weighted by Crippen LogP contribution is 2.52. The van der Waals surface area contributed by atoms with Crippen molar-refractivity contribution < 1.29 is 23.2 Å². The molecule has 0 aromatic carbocycles. The van der Waals surface area contributed by atoms with Crippen LogP contribution in [0.3, 0.4) is 0 Å². The Hall–Kier alpha value is 0.190. The number of carbonyl (C=O) groups is 2. The molecule has 8 heteroatoms. The fourth-order valence-electron chi connectivity index (χ4n) is 0.857. The Morgan fingerprint density at radius 2 is 1.47 bits per heavy atom. The molecule has 0 aromatic rings. The molecular formula is C9H17O5PS2. The molecule has 0 bridgehead atoms. The van der Waals surface area contributed by atoms with Crippen molar-refractivity contribution in [2.24, 2.45) is 0 Å². The minimum absolute atomic E-state index is 0.208. The standard InChI is InChI=1S/C9H17O5PS2/c1-9(2)15(12,13-3-5-16-7-10)14-4-6-17-8-11/h7-9H,3-6H2,1-2H3. The molecule has 0 aromatic heterocycles. The van der Waals surface area contributed by atoms with E-state index in [0.29, 0.717) is 22.7 Å². The van der Waals surface area contributed by atoms with Crippen LogP contribution in [0.5, 0.6) is 0 Å². The average molecular weight is 300 g/mol. The van der Waals surface area contributed by atoms with Gasteiger partial charge < -0.3 is 9.05 Å². The lowest BCUT2D eigenvalue weighted by Gasteiger charge is -2.21. The van der Waals surface area contributed by atoms with Crippen LogP contribution in [0.25, 0.3) is 0 Å². The number of hydrogen-bond donors (Lipinski definition) is 0. The monoisotopic (exact) mass is 300 g/mol. The molecule has 0 aliphatic heterocycles. The third-order valence-electron chi connectivity index (χ3n) is 1.71. The van der Waals surface area contributed by atoms with E-state index in [4.69, 9.17) is 9.05 Å². The third-order valence-corrected chi connectivity index (χ3v) is 5.14. The van der Waals surface area contributed by atoms with Crippen LogP contribution >= 0.6 is 31.1 Å². The molecule has 5 nitrogen and oxygen atoms in total. The molecule has 0 rings (SSSR count). The summed E-state index contributed by atoms with van der Waals surface area (Å²) in [7, 11) is -3.13. The Balaban J connectivity index is 4.02. The smallest absolute Gasteiger partial charge is 0.308 e. The SMILES string of the molecule is CC(C)P(=O)(OCCSC=O)OCCSC=O. The van der Waals surface area contributed by atoms with E-state index in [-0.39, 0.29) is 18.9 Å². The van der Waals surface area contributed by atoms with Crippen molar-refractivity contribution in [1.29, 1.82) is 0 Å². The maximum Gasteiger partial charge on any atom is 0.333 e. The number of carbonyl (C=O) groups excluding carboxylic acids is 2. The van der Waals surface area contributed by atoms with Crippen molar-refractivity contribution in [3.8, 4) is 0 Å². The topological polar surface area (TPSA) is 69.7 Å². The molecule has 0 saturated carbocycles. The zero-order chi connectivity index (χ0) is 13.1. The second-order valence-electron chi connectivity index (χ2n) is 3.23. The molecule has 0 atom stereocenters. The molecule has 0 radical (unpaired) electrons. The summed E-state index contributed by atoms with van der Waals surface area (Å²) in [6.07, 6.45) is 0. The molecule has 0 aliphatic rings. The van der Waals surface area contributed by atoms with Crippen LogP contribution in [0.2, 0.25) is 0 Å². The van der Waals surface area contributed by atoms with E-state index < -0.39 is 7.60 Å². The van der Waals surface area contributed by atoms with E-state index in [1.54, 1.807) is 13.8 Å². The Bertz CT molecular complexity index is 252. The number of rotatable bonds is 11. The summed E-state index contributed by atoms with van der Waals surface area (Å²) in [6, 6.07) is 0. The number of hydrogen-bond acceptors (Lipinski definition) is 7. The molecule has 0 spiro atoms. The van der Waals surface area contributed by atoms with Gasteiger partial charge in [0.05, 0.1) is 18.9 Å². The van der Waals surface area contributed by atoms with Crippen LogP contribution in [-0.4, -0.2) is 41.6 Å². The summed E-state index contributed by atoms with van der Waals surface area (Å²) < 4.78 is 22.7. The van der Waals surface area contributed by atoms with E-state index in [1.165, 1.54) is 0 Å². The Kier molecular flexibility index (Phi) is 10.3. The maximum atomic E-state index is 12.2. The van der Waals surface area contributed by atoms with Gasteiger partial charge in [-0.2, -0.15) is 0 Å².